The van der Waals surface area contributed by atoms with Gasteiger partial charge in [-0.25, -0.2) is 4.39 Å². The Kier molecular flexibility index (Phi) is 4.77. The monoisotopic (exact) mass is 257 g/mol. The second-order valence-corrected chi connectivity index (χ2v) is 4.03. The Morgan fingerprint density at radius 1 is 1.65 bits per heavy atom. The minimum absolute atomic E-state index is 0.0681. The molecule has 0 aromatic heterocycles. The van der Waals surface area contributed by atoms with Gasteiger partial charge in [0, 0.05) is 5.56 Å². The highest BCUT2D eigenvalue weighted by atomic mass is 32.2. The Hall–Kier alpha value is -1.76. The Balaban J connectivity index is 2.87. The lowest BCUT2D eigenvalue weighted by Gasteiger charge is -2.06. The van der Waals surface area contributed by atoms with Gasteiger partial charge in [-0.1, -0.05) is 5.16 Å². The van der Waals surface area contributed by atoms with Gasteiger partial charge in [-0.3, -0.25) is 4.79 Å². The van der Waals surface area contributed by atoms with Crippen LogP contribution in [-0.2, 0) is 4.79 Å². The van der Waals surface area contributed by atoms with Crippen molar-refractivity contribution in [3.63, 3.8) is 0 Å². The van der Waals surface area contributed by atoms with E-state index >= 15 is 0 Å². The van der Waals surface area contributed by atoms with E-state index in [0.29, 0.717) is 0 Å². The molecule has 17 heavy (non-hydrogen) atoms. The molecule has 0 heterocycles. The van der Waals surface area contributed by atoms with E-state index in [9.17, 15) is 9.18 Å². The number of carbonyl (C=O) groups excluding carboxylic acids is 1. The number of carbonyl (C=O) groups is 1. The average molecular weight is 257 g/mol. The van der Waals surface area contributed by atoms with Crippen molar-refractivity contribution in [1.29, 1.82) is 0 Å². The van der Waals surface area contributed by atoms with Crippen LogP contribution in [0.2, 0.25) is 0 Å². The SMILES string of the molecule is CSCC(=O)Nc1ccc(/C(N)=N/O)cc1F. The van der Waals surface area contributed by atoms with E-state index in [2.05, 4.69) is 10.5 Å². The van der Waals surface area contributed by atoms with Gasteiger partial charge in [0.25, 0.3) is 0 Å². The number of nitrogens with two attached hydrogens (primary N) is 1. The van der Waals surface area contributed by atoms with Gasteiger partial charge in [-0.2, -0.15) is 11.8 Å². The van der Waals surface area contributed by atoms with E-state index in [0.717, 1.165) is 6.07 Å². The van der Waals surface area contributed by atoms with Gasteiger partial charge in [-0.05, 0) is 24.5 Å². The van der Waals surface area contributed by atoms with Crippen LogP contribution in [0.3, 0.4) is 0 Å². The Labute approximate surface area is 102 Å². The van der Waals surface area contributed by atoms with Gasteiger partial charge in [0.2, 0.25) is 5.91 Å². The minimum Gasteiger partial charge on any atom is -0.409 e. The highest BCUT2D eigenvalue weighted by molar-refractivity contribution is 7.99. The number of nitrogens with zero attached hydrogens (tertiary/aromatic N) is 1. The largest absolute Gasteiger partial charge is 0.409 e. The lowest BCUT2D eigenvalue weighted by molar-refractivity contribution is -0.113. The summed E-state index contributed by atoms with van der Waals surface area (Å²) in [5, 5.41) is 13.6. The van der Waals surface area contributed by atoms with Gasteiger partial charge in [0.05, 0.1) is 11.4 Å². The molecule has 1 aromatic rings. The van der Waals surface area contributed by atoms with Crippen LogP contribution < -0.4 is 11.1 Å². The summed E-state index contributed by atoms with van der Waals surface area (Å²) in [6.45, 7) is 0. The standard InChI is InChI=1S/C10H12FN3O2S/c1-17-5-9(15)13-8-3-2-6(4-7(8)11)10(12)14-16/h2-4,16H,5H2,1H3,(H2,12,14)(H,13,15). The smallest absolute Gasteiger partial charge is 0.234 e. The number of hydrogen-bond donors (Lipinski definition) is 3. The lowest BCUT2D eigenvalue weighted by atomic mass is 10.2. The molecular weight excluding hydrogens is 245 g/mol. The molecule has 0 bridgehead atoms. The number of amides is 1. The van der Waals surface area contributed by atoms with Crippen LogP contribution in [0.4, 0.5) is 10.1 Å². The summed E-state index contributed by atoms with van der Waals surface area (Å²) < 4.78 is 13.5. The van der Waals surface area contributed by atoms with E-state index in [1.807, 2.05) is 0 Å². The molecule has 0 unspecified atom stereocenters. The molecule has 0 atom stereocenters. The molecule has 0 saturated carbocycles. The maximum atomic E-state index is 13.5. The second kappa shape index (κ2) is 6.09. The summed E-state index contributed by atoms with van der Waals surface area (Å²) in [6, 6.07) is 3.90. The summed E-state index contributed by atoms with van der Waals surface area (Å²) in [4.78, 5) is 11.3. The molecule has 0 radical (unpaired) electrons. The van der Waals surface area contributed by atoms with Crippen molar-refractivity contribution in [3.05, 3.63) is 29.6 Å². The molecule has 1 amide bonds. The molecule has 1 aromatic carbocycles. The van der Waals surface area contributed by atoms with E-state index in [1.54, 1.807) is 6.26 Å². The Bertz CT molecular complexity index is 451. The third kappa shape index (κ3) is 3.63. The van der Waals surface area contributed by atoms with Gasteiger partial charge >= 0.3 is 0 Å². The normalized spacial score (nSPS) is 11.3. The van der Waals surface area contributed by atoms with Crippen molar-refractivity contribution >= 4 is 29.2 Å². The number of nitrogens with one attached hydrogen (secondary N) is 1. The van der Waals surface area contributed by atoms with Gasteiger partial charge < -0.3 is 16.3 Å². The van der Waals surface area contributed by atoms with Crippen molar-refractivity contribution in [2.45, 2.75) is 0 Å². The van der Waals surface area contributed by atoms with E-state index in [-0.39, 0.29) is 28.7 Å². The quantitative estimate of drug-likeness (QED) is 0.327. The molecule has 1 rings (SSSR count). The average Bonchev–Trinajstić information content (AvgIpc) is 2.31. The van der Waals surface area contributed by atoms with E-state index in [1.165, 1.54) is 23.9 Å². The summed E-state index contributed by atoms with van der Waals surface area (Å²) in [7, 11) is 0. The number of oxime groups is 1. The Morgan fingerprint density at radius 2 is 2.35 bits per heavy atom. The molecule has 5 nitrogen and oxygen atoms in total. The number of anilines is 1. The third-order valence-electron chi connectivity index (χ3n) is 1.92. The third-order valence-corrected chi connectivity index (χ3v) is 2.47. The fourth-order valence-electron chi connectivity index (χ4n) is 1.15. The van der Waals surface area contributed by atoms with Crippen LogP contribution in [0.25, 0.3) is 0 Å². The molecule has 0 spiro atoms. The van der Waals surface area contributed by atoms with Crippen molar-refractivity contribution in [2.24, 2.45) is 10.9 Å². The number of benzene rings is 1. The summed E-state index contributed by atoms with van der Waals surface area (Å²) >= 11 is 1.34. The van der Waals surface area contributed by atoms with Crippen LogP contribution in [0.15, 0.2) is 23.4 Å². The molecule has 0 aliphatic carbocycles. The van der Waals surface area contributed by atoms with Crippen LogP contribution in [-0.4, -0.2) is 29.0 Å². The van der Waals surface area contributed by atoms with Crippen LogP contribution >= 0.6 is 11.8 Å². The first-order valence-corrected chi connectivity index (χ1v) is 6.04. The van der Waals surface area contributed by atoms with Gasteiger partial charge in [0.15, 0.2) is 5.84 Å². The minimum atomic E-state index is -0.636. The Morgan fingerprint density at radius 3 is 2.88 bits per heavy atom. The second-order valence-electron chi connectivity index (χ2n) is 3.16. The van der Waals surface area contributed by atoms with Crippen molar-refractivity contribution in [3.8, 4) is 0 Å². The van der Waals surface area contributed by atoms with Crippen molar-refractivity contribution in [2.75, 3.05) is 17.3 Å². The van der Waals surface area contributed by atoms with Crippen molar-refractivity contribution in [1.82, 2.24) is 0 Å². The molecule has 0 saturated heterocycles. The lowest BCUT2D eigenvalue weighted by Crippen LogP contribution is -2.16. The molecule has 92 valence electrons. The molecule has 7 heteroatoms. The summed E-state index contributed by atoms with van der Waals surface area (Å²) in [5.41, 5.74) is 5.62. The molecule has 4 N–H and O–H groups in total. The number of thioether (sulfide) groups is 1. The van der Waals surface area contributed by atoms with E-state index < -0.39 is 5.82 Å². The van der Waals surface area contributed by atoms with Crippen LogP contribution in [0.1, 0.15) is 5.56 Å². The van der Waals surface area contributed by atoms with Crippen LogP contribution in [0, 0.1) is 5.82 Å². The molecule has 0 aliphatic heterocycles. The van der Waals surface area contributed by atoms with Crippen LogP contribution in [0.5, 0.6) is 0 Å². The van der Waals surface area contributed by atoms with Crippen molar-refractivity contribution < 1.29 is 14.4 Å². The summed E-state index contributed by atoms with van der Waals surface area (Å²) in [5.74, 6) is -0.857. The highest BCUT2D eigenvalue weighted by Crippen LogP contribution is 2.16. The summed E-state index contributed by atoms with van der Waals surface area (Å²) in [6.07, 6.45) is 1.78. The maximum absolute atomic E-state index is 13.5. The highest BCUT2D eigenvalue weighted by Gasteiger charge is 2.08. The predicted octanol–water partition coefficient (Wildman–Crippen LogP) is 1.22. The molecule has 0 fully saturated rings. The fourth-order valence-corrected chi connectivity index (χ4v) is 1.49. The first-order valence-electron chi connectivity index (χ1n) is 4.64. The number of amidine groups is 1. The predicted molar refractivity (Wildman–Crippen MR) is 65.9 cm³/mol. The zero-order valence-electron chi connectivity index (χ0n) is 9.11. The number of halogens is 1. The number of hydrogen-bond acceptors (Lipinski definition) is 4. The maximum Gasteiger partial charge on any atom is 0.234 e. The fraction of sp³-hybridized carbons (Fsp3) is 0.200. The van der Waals surface area contributed by atoms with Gasteiger partial charge in [-0.15, -0.1) is 0 Å². The zero-order valence-corrected chi connectivity index (χ0v) is 9.92. The first kappa shape index (κ1) is 13.3. The topological polar surface area (TPSA) is 87.7 Å². The number of rotatable bonds is 4. The first-order chi connectivity index (χ1) is 8.08. The van der Waals surface area contributed by atoms with Gasteiger partial charge in [0.1, 0.15) is 5.82 Å². The van der Waals surface area contributed by atoms with E-state index in [4.69, 9.17) is 10.9 Å². The molecular formula is C10H12FN3O2S. The molecule has 0 aliphatic rings. The zero-order chi connectivity index (χ0) is 12.8.